The number of rotatable bonds is 4. The molecule has 0 aliphatic carbocycles. The molecule has 4 heterocycles. The smallest absolute Gasteiger partial charge is 0.263 e. The third-order valence-electron chi connectivity index (χ3n) is 5.24. The van der Waals surface area contributed by atoms with E-state index in [-0.39, 0.29) is 17.9 Å². The lowest BCUT2D eigenvalue weighted by Crippen LogP contribution is -2.28. The number of carbonyl (C=O) groups is 2. The number of likely N-dealkylation sites (tertiary alicyclic amines) is 2. The Labute approximate surface area is 163 Å². The number of hydrogen-bond donors (Lipinski definition) is 0. The molecule has 2 saturated heterocycles. The van der Waals surface area contributed by atoms with Crippen LogP contribution in [-0.4, -0.2) is 51.0 Å². The highest BCUT2D eigenvalue weighted by Crippen LogP contribution is 2.36. The molecule has 27 heavy (non-hydrogen) atoms. The maximum absolute atomic E-state index is 12.7. The summed E-state index contributed by atoms with van der Waals surface area (Å²) in [6, 6.07) is 4.02. The van der Waals surface area contributed by atoms with Gasteiger partial charge < -0.3 is 9.80 Å². The van der Waals surface area contributed by atoms with Crippen molar-refractivity contribution in [3.05, 3.63) is 45.9 Å². The van der Waals surface area contributed by atoms with Gasteiger partial charge in [0, 0.05) is 49.4 Å². The number of thiophene rings is 1. The number of carbonyl (C=O) groups excluding carboxylic acids is 2. The monoisotopic (exact) mass is 384 g/mol. The first-order chi connectivity index (χ1) is 13.1. The minimum atomic E-state index is 0.0159. The molecule has 2 aromatic rings. The summed E-state index contributed by atoms with van der Waals surface area (Å²) in [6.07, 6.45) is 11.2. The maximum Gasteiger partial charge on any atom is 0.263 e. The molecule has 0 aromatic carbocycles. The van der Waals surface area contributed by atoms with Gasteiger partial charge in [-0.2, -0.15) is 5.10 Å². The molecule has 0 bridgehead atoms. The van der Waals surface area contributed by atoms with Crippen LogP contribution in [0.4, 0.5) is 0 Å². The highest BCUT2D eigenvalue weighted by Gasteiger charge is 2.31. The van der Waals surface area contributed by atoms with Crippen molar-refractivity contribution in [3.63, 3.8) is 0 Å². The Kier molecular flexibility index (Phi) is 5.11. The summed E-state index contributed by atoms with van der Waals surface area (Å²) >= 11 is 1.54. The largest absolute Gasteiger partial charge is 0.338 e. The van der Waals surface area contributed by atoms with Crippen LogP contribution < -0.4 is 0 Å². The van der Waals surface area contributed by atoms with Crippen LogP contribution in [0.3, 0.4) is 0 Å². The van der Waals surface area contributed by atoms with Crippen molar-refractivity contribution in [2.75, 3.05) is 19.6 Å². The molecular weight excluding hydrogens is 360 g/mol. The highest BCUT2D eigenvalue weighted by molar-refractivity contribution is 7.14. The van der Waals surface area contributed by atoms with Gasteiger partial charge in [-0.15, -0.1) is 11.3 Å². The van der Waals surface area contributed by atoms with E-state index in [1.807, 2.05) is 41.3 Å². The van der Waals surface area contributed by atoms with Crippen molar-refractivity contribution < 1.29 is 9.59 Å². The summed E-state index contributed by atoms with van der Waals surface area (Å²) in [5.74, 6) is 0.151. The molecule has 1 atom stereocenters. The van der Waals surface area contributed by atoms with E-state index in [4.69, 9.17) is 0 Å². The topological polar surface area (TPSA) is 58.4 Å². The average Bonchev–Trinajstić information content (AvgIpc) is 3.46. The van der Waals surface area contributed by atoms with E-state index in [0.29, 0.717) is 0 Å². The van der Waals surface area contributed by atoms with Crippen LogP contribution in [0.2, 0.25) is 0 Å². The van der Waals surface area contributed by atoms with Gasteiger partial charge in [-0.25, -0.2) is 0 Å². The number of aryl methyl sites for hydroxylation is 1. The Bertz CT molecular complexity index is 863. The zero-order valence-electron chi connectivity index (χ0n) is 15.5. The van der Waals surface area contributed by atoms with Crippen LogP contribution >= 0.6 is 11.3 Å². The van der Waals surface area contributed by atoms with Crippen molar-refractivity contribution in [3.8, 4) is 0 Å². The second-order valence-electron chi connectivity index (χ2n) is 7.17. The molecule has 0 saturated carbocycles. The lowest BCUT2D eigenvalue weighted by atomic mass is 10.2. The van der Waals surface area contributed by atoms with Crippen molar-refractivity contribution in [2.45, 2.75) is 31.7 Å². The molecule has 2 aliphatic heterocycles. The Balaban J connectivity index is 1.45. The van der Waals surface area contributed by atoms with Crippen molar-refractivity contribution >= 4 is 29.2 Å². The number of hydrogen-bond acceptors (Lipinski definition) is 4. The Morgan fingerprint density at radius 2 is 2.00 bits per heavy atom. The molecule has 0 unspecified atom stereocenters. The van der Waals surface area contributed by atoms with Crippen LogP contribution in [-0.2, 0) is 11.8 Å². The summed E-state index contributed by atoms with van der Waals surface area (Å²) in [5, 5.41) is 4.11. The van der Waals surface area contributed by atoms with Crippen molar-refractivity contribution in [1.29, 1.82) is 0 Å². The van der Waals surface area contributed by atoms with E-state index in [9.17, 15) is 9.59 Å². The second-order valence-corrected chi connectivity index (χ2v) is 8.29. The summed E-state index contributed by atoms with van der Waals surface area (Å²) in [4.78, 5) is 31.0. The summed E-state index contributed by atoms with van der Waals surface area (Å²) in [6.45, 7) is 2.48. The van der Waals surface area contributed by atoms with Crippen LogP contribution in [0.25, 0.3) is 6.08 Å². The van der Waals surface area contributed by atoms with Gasteiger partial charge in [0.15, 0.2) is 0 Å². The molecule has 2 aliphatic rings. The molecule has 142 valence electrons. The molecule has 0 radical (unpaired) electrons. The Morgan fingerprint density at radius 3 is 2.74 bits per heavy atom. The zero-order chi connectivity index (χ0) is 18.8. The number of nitrogens with zero attached hydrogens (tertiary/aromatic N) is 4. The fraction of sp³-hybridized carbons (Fsp3) is 0.450. The van der Waals surface area contributed by atoms with Crippen molar-refractivity contribution in [2.24, 2.45) is 7.05 Å². The fourth-order valence-corrected chi connectivity index (χ4v) is 4.96. The van der Waals surface area contributed by atoms with Crippen LogP contribution in [0.1, 0.15) is 51.8 Å². The first-order valence-electron chi connectivity index (χ1n) is 9.48. The molecular formula is C20H24N4O2S. The lowest BCUT2D eigenvalue weighted by Gasteiger charge is -2.22. The van der Waals surface area contributed by atoms with Gasteiger partial charge in [0.1, 0.15) is 0 Å². The van der Waals surface area contributed by atoms with Gasteiger partial charge in [0.05, 0.1) is 17.1 Å². The van der Waals surface area contributed by atoms with E-state index < -0.39 is 0 Å². The molecule has 7 heteroatoms. The van der Waals surface area contributed by atoms with Crippen molar-refractivity contribution in [1.82, 2.24) is 19.6 Å². The van der Waals surface area contributed by atoms with E-state index >= 15 is 0 Å². The third-order valence-corrected chi connectivity index (χ3v) is 6.41. The molecule has 2 aromatic heterocycles. The third kappa shape index (κ3) is 3.83. The number of aromatic nitrogens is 2. The number of amides is 2. The van der Waals surface area contributed by atoms with E-state index in [2.05, 4.69) is 5.10 Å². The average molecular weight is 385 g/mol. The lowest BCUT2D eigenvalue weighted by molar-refractivity contribution is -0.126. The first-order valence-corrected chi connectivity index (χ1v) is 10.3. The summed E-state index contributed by atoms with van der Waals surface area (Å²) in [7, 11) is 1.85. The predicted octanol–water partition coefficient (Wildman–Crippen LogP) is 3.09. The molecule has 0 N–H and O–H groups in total. The van der Waals surface area contributed by atoms with Gasteiger partial charge in [-0.3, -0.25) is 14.3 Å². The molecule has 6 nitrogen and oxygen atoms in total. The van der Waals surface area contributed by atoms with Crippen LogP contribution in [0.15, 0.2) is 30.6 Å². The van der Waals surface area contributed by atoms with Gasteiger partial charge in [-0.05, 0) is 43.9 Å². The molecule has 2 fully saturated rings. The fourth-order valence-electron chi connectivity index (χ4n) is 3.84. The van der Waals surface area contributed by atoms with E-state index in [1.54, 1.807) is 28.3 Å². The van der Waals surface area contributed by atoms with Gasteiger partial charge in [0.2, 0.25) is 5.91 Å². The highest BCUT2D eigenvalue weighted by atomic mass is 32.1. The van der Waals surface area contributed by atoms with Crippen LogP contribution in [0.5, 0.6) is 0 Å². The standard InChI is InChI=1S/C20H24N4O2S/c1-22-14-15(13-21-22)6-9-19(25)24-12-4-5-16(24)17-7-8-18(27-17)20(26)23-10-2-3-11-23/h6-9,13-14,16H,2-5,10-12H2,1H3/b9-6+/t16-/m1/s1. The molecule has 0 spiro atoms. The van der Waals surface area contributed by atoms with Crippen LogP contribution in [0, 0.1) is 0 Å². The zero-order valence-corrected chi connectivity index (χ0v) is 16.3. The molecule has 4 rings (SSSR count). The normalized spacial score (nSPS) is 20.1. The summed E-state index contributed by atoms with van der Waals surface area (Å²) in [5.41, 5.74) is 0.913. The van der Waals surface area contributed by atoms with E-state index in [1.165, 1.54) is 0 Å². The first kappa shape index (κ1) is 18.0. The minimum absolute atomic E-state index is 0.0159. The summed E-state index contributed by atoms with van der Waals surface area (Å²) < 4.78 is 1.72. The SMILES string of the molecule is Cn1cc(/C=C/C(=O)N2CCC[C@@H]2c2ccc(C(=O)N3CCCC3)s2)cn1. The Hall–Kier alpha value is -2.41. The minimum Gasteiger partial charge on any atom is -0.338 e. The van der Waals surface area contributed by atoms with E-state index in [0.717, 1.165) is 60.6 Å². The predicted molar refractivity (Wildman–Crippen MR) is 105 cm³/mol. The van der Waals surface area contributed by atoms with Gasteiger partial charge in [-0.1, -0.05) is 0 Å². The van der Waals surface area contributed by atoms with Gasteiger partial charge in [0.25, 0.3) is 5.91 Å². The second kappa shape index (κ2) is 7.68. The maximum atomic E-state index is 12.7. The molecule has 2 amide bonds. The quantitative estimate of drug-likeness (QED) is 0.761. The Morgan fingerprint density at radius 1 is 1.19 bits per heavy atom. The van der Waals surface area contributed by atoms with Gasteiger partial charge >= 0.3 is 0 Å².